The van der Waals surface area contributed by atoms with Crippen molar-refractivity contribution in [3.05, 3.63) is 47.1 Å². The summed E-state index contributed by atoms with van der Waals surface area (Å²) in [7, 11) is -3.67. The van der Waals surface area contributed by atoms with Gasteiger partial charge in [-0.15, -0.1) is 11.3 Å². The second-order valence-corrected chi connectivity index (χ2v) is 7.95. The third-order valence-corrected chi connectivity index (χ3v) is 5.62. The third-order valence-electron chi connectivity index (χ3n) is 2.66. The molecular weight excluding hydrogens is 311 g/mol. The Hall–Kier alpha value is -1.44. The van der Waals surface area contributed by atoms with Crippen LogP contribution < -0.4 is 10.0 Å². The normalized spacial score (nSPS) is 11.8. The van der Waals surface area contributed by atoms with Gasteiger partial charge in [-0.25, -0.2) is 12.8 Å². The van der Waals surface area contributed by atoms with E-state index in [9.17, 15) is 12.8 Å². The third kappa shape index (κ3) is 4.52. The molecule has 21 heavy (non-hydrogen) atoms. The molecule has 7 heteroatoms. The highest BCUT2D eigenvalue weighted by molar-refractivity contribution is 7.94. The summed E-state index contributed by atoms with van der Waals surface area (Å²) in [5, 5.41) is 3.23. The van der Waals surface area contributed by atoms with Crippen molar-refractivity contribution in [2.24, 2.45) is 0 Å². The lowest BCUT2D eigenvalue weighted by Crippen LogP contribution is -2.21. The first-order chi connectivity index (χ1) is 9.87. The monoisotopic (exact) mass is 328 g/mol. The van der Waals surface area contributed by atoms with Gasteiger partial charge in [-0.2, -0.15) is 0 Å². The molecule has 0 atom stereocenters. The number of rotatable bonds is 6. The first-order valence-electron chi connectivity index (χ1n) is 6.47. The second kappa shape index (κ2) is 6.55. The Kier molecular flexibility index (Phi) is 4.97. The molecule has 114 valence electrons. The zero-order chi connectivity index (χ0) is 15.5. The van der Waals surface area contributed by atoms with Crippen LogP contribution in [0.1, 0.15) is 18.7 Å². The summed E-state index contributed by atoms with van der Waals surface area (Å²) in [4.78, 5) is 0.934. The maximum absolute atomic E-state index is 13.1. The van der Waals surface area contributed by atoms with E-state index in [-0.39, 0.29) is 9.90 Å². The van der Waals surface area contributed by atoms with Gasteiger partial charge in [0.05, 0.1) is 5.69 Å². The van der Waals surface area contributed by atoms with E-state index in [1.165, 1.54) is 29.5 Å². The van der Waals surface area contributed by atoms with E-state index in [1.807, 2.05) is 13.8 Å². The Morgan fingerprint density at radius 3 is 2.67 bits per heavy atom. The molecule has 0 aliphatic heterocycles. The van der Waals surface area contributed by atoms with Crippen LogP contribution in [-0.4, -0.2) is 14.5 Å². The average molecular weight is 328 g/mol. The van der Waals surface area contributed by atoms with Gasteiger partial charge in [0, 0.05) is 17.5 Å². The van der Waals surface area contributed by atoms with Crippen molar-refractivity contribution >= 4 is 27.0 Å². The molecule has 0 aliphatic rings. The molecule has 1 aromatic carbocycles. The molecule has 4 nitrogen and oxygen atoms in total. The lowest BCUT2D eigenvalue weighted by atomic mass is 10.3. The zero-order valence-electron chi connectivity index (χ0n) is 11.8. The molecule has 0 spiro atoms. The number of anilines is 1. The Labute approximate surface area is 128 Å². The summed E-state index contributed by atoms with van der Waals surface area (Å²) >= 11 is 1.20. The summed E-state index contributed by atoms with van der Waals surface area (Å²) in [5.41, 5.74) is 0.213. The number of halogens is 1. The summed E-state index contributed by atoms with van der Waals surface area (Å²) < 4.78 is 40.1. The van der Waals surface area contributed by atoms with Gasteiger partial charge >= 0.3 is 0 Å². The molecule has 0 saturated heterocycles. The molecule has 1 aromatic heterocycles. The molecule has 0 amide bonds. The van der Waals surface area contributed by atoms with Gasteiger partial charge < -0.3 is 5.32 Å². The summed E-state index contributed by atoms with van der Waals surface area (Å²) in [6.07, 6.45) is 0. The topological polar surface area (TPSA) is 58.2 Å². The number of benzene rings is 1. The van der Waals surface area contributed by atoms with Crippen LogP contribution in [0, 0.1) is 5.82 Å². The van der Waals surface area contributed by atoms with Gasteiger partial charge in [-0.3, -0.25) is 4.72 Å². The molecule has 2 aromatic rings. The number of thiophene rings is 1. The maximum Gasteiger partial charge on any atom is 0.271 e. The van der Waals surface area contributed by atoms with Crippen LogP contribution in [0.3, 0.4) is 0 Å². The van der Waals surface area contributed by atoms with E-state index in [4.69, 9.17) is 0 Å². The Balaban J connectivity index is 2.12. The van der Waals surface area contributed by atoms with Gasteiger partial charge in [0.2, 0.25) is 0 Å². The first kappa shape index (κ1) is 15.9. The molecule has 1 heterocycles. The van der Waals surface area contributed by atoms with Crippen LogP contribution in [-0.2, 0) is 16.6 Å². The molecule has 0 fully saturated rings. The van der Waals surface area contributed by atoms with Crippen LogP contribution in [0.4, 0.5) is 10.1 Å². The van der Waals surface area contributed by atoms with Crippen molar-refractivity contribution < 1.29 is 12.8 Å². The minimum atomic E-state index is -3.67. The fourth-order valence-corrected chi connectivity index (χ4v) is 4.02. The average Bonchev–Trinajstić information content (AvgIpc) is 2.85. The summed E-state index contributed by atoms with van der Waals surface area (Å²) in [5.74, 6) is -0.483. The highest BCUT2D eigenvalue weighted by atomic mass is 32.2. The second-order valence-electron chi connectivity index (χ2n) is 4.87. The van der Waals surface area contributed by atoms with Gasteiger partial charge in [0.1, 0.15) is 10.0 Å². The van der Waals surface area contributed by atoms with Gasteiger partial charge in [0.25, 0.3) is 10.0 Å². The molecule has 0 unspecified atom stereocenters. The van der Waals surface area contributed by atoms with Crippen LogP contribution in [0.15, 0.2) is 40.6 Å². The Morgan fingerprint density at radius 2 is 2.00 bits per heavy atom. The van der Waals surface area contributed by atoms with Gasteiger partial charge in [0.15, 0.2) is 0 Å². The number of sulfonamides is 1. The van der Waals surface area contributed by atoms with Crippen molar-refractivity contribution in [1.29, 1.82) is 0 Å². The van der Waals surface area contributed by atoms with Gasteiger partial charge in [-0.05, 0) is 30.3 Å². The Bertz CT molecular complexity index is 711. The fourth-order valence-electron chi connectivity index (χ4n) is 1.66. The zero-order valence-corrected chi connectivity index (χ0v) is 13.4. The highest BCUT2D eigenvalue weighted by Gasteiger charge is 2.17. The maximum atomic E-state index is 13.1. The van der Waals surface area contributed by atoms with Crippen LogP contribution in [0.25, 0.3) is 0 Å². The quantitative estimate of drug-likeness (QED) is 0.856. The summed E-state index contributed by atoms with van der Waals surface area (Å²) in [6.45, 7) is 4.67. The SMILES string of the molecule is CC(C)NCc1ccc(S(=O)(=O)Nc2cccc(F)c2)s1. The van der Waals surface area contributed by atoms with E-state index in [0.29, 0.717) is 12.6 Å². The van der Waals surface area contributed by atoms with E-state index in [0.717, 1.165) is 10.9 Å². The minimum absolute atomic E-state index is 0.213. The molecule has 2 N–H and O–H groups in total. The molecule has 2 rings (SSSR count). The molecular formula is C14H17FN2O2S2. The van der Waals surface area contributed by atoms with Crippen molar-refractivity contribution in [3.8, 4) is 0 Å². The molecule has 0 radical (unpaired) electrons. The van der Waals surface area contributed by atoms with Crippen LogP contribution in [0.2, 0.25) is 0 Å². The van der Waals surface area contributed by atoms with Gasteiger partial charge in [-0.1, -0.05) is 19.9 Å². The van der Waals surface area contributed by atoms with Crippen molar-refractivity contribution in [3.63, 3.8) is 0 Å². The predicted octanol–water partition coefficient (Wildman–Crippen LogP) is 3.19. The van der Waals surface area contributed by atoms with Crippen molar-refractivity contribution in [2.45, 2.75) is 30.6 Å². The highest BCUT2D eigenvalue weighted by Crippen LogP contribution is 2.24. The van der Waals surface area contributed by atoms with Crippen molar-refractivity contribution in [1.82, 2.24) is 5.32 Å². The number of hydrogen-bond donors (Lipinski definition) is 2. The summed E-state index contributed by atoms with van der Waals surface area (Å²) in [6, 6.07) is 9.04. The molecule has 0 bridgehead atoms. The number of hydrogen-bond acceptors (Lipinski definition) is 4. The smallest absolute Gasteiger partial charge is 0.271 e. The minimum Gasteiger partial charge on any atom is -0.310 e. The molecule has 0 aliphatic carbocycles. The predicted molar refractivity (Wildman–Crippen MR) is 83.5 cm³/mol. The standard InChI is InChI=1S/C14H17FN2O2S2/c1-10(2)16-9-13-6-7-14(20-13)21(18,19)17-12-5-3-4-11(15)8-12/h3-8,10,16-17H,9H2,1-2H3. The molecule has 0 saturated carbocycles. The van der Waals surface area contributed by atoms with E-state index in [2.05, 4.69) is 10.0 Å². The largest absolute Gasteiger partial charge is 0.310 e. The number of nitrogens with one attached hydrogen (secondary N) is 2. The van der Waals surface area contributed by atoms with Crippen LogP contribution >= 0.6 is 11.3 Å². The van der Waals surface area contributed by atoms with Crippen molar-refractivity contribution in [2.75, 3.05) is 4.72 Å². The van der Waals surface area contributed by atoms with E-state index >= 15 is 0 Å². The lowest BCUT2D eigenvalue weighted by Gasteiger charge is -2.06. The van der Waals surface area contributed by atoms with E-state index < -0.39 is 15.8 Å². The Morgan fingerprint density at radius 1 is 1.24 bits per heavy atom. The van der Waals surface area contributed by atoms with E-state index in [1.54, 1.807) is 12.1 Å². The van der Waals surface area contributed by atoms with Crippen LogP contribution in [0.5, 0.6) is 0 Å². The fraction of sp³-hybridized carbons (Fsp3) is 0.286. The first-order valence-corrected chi connectivity index (χ1v) is 8.77. The lowest BCUT2D eigenvalue weighted by molar-refractivity contribution is 0.593.